The van der Waals surface area contributed by atoms with Crippen molar-refractivity contribution in [3.8, 4) is 0 Å². The Balaban J connectivity index is 2.55. The van der Waals surface area contributed by atoms with E-state index in [4.69, 9.17) is 4.74 Å². The molecule has 0 bridgehead atoms. The van der Waals surface area contributed by atoms with Gasteiger partial charge in [0.2, 0.25) is 0 Å². The molecule has 1 amide bonds. The third kappa shape index (κ3) is 6.27. The lowest BCUT2D eigenvalue weighted by molar-refractivity contribution is 0.0252. The molecular formula is C16H25NO2. The topological polar surface area (TPSA) is 29.5 Å². The van der Waals surface area contributed by atoms with E-state index in [-0.39, 0.29) is 6.09 Å². The zero-order valence-electron chi connectivity index (χ0n) is 12.5. The highest BCUT2D eigenvalue weighted by Gasteiger charge is 2.21. The Morgan fingerprint density at radius 2 is 1.79 bits per heavy atom. The lowest BCUT2D eigenvalue weighted by Crippen LogP contribution is -2.38. The molecule has 0 N–H and O–H groups in total. The highest BCUT2D eigenvalue weighted by Crippen LogP contribution is 2.11. The van der Waals surface area contributed by atoms with Crippen LogP contribution < -0.4 is 0 Å². The summed E-state index contributed by atoms with van der Waals surface area (Å²) in [5, 5.41) is 0. The van der Waals surface area contributed by atoms with E-state index in [1.807, 2.05) is 39.0 Å². The van der Waals surface area contributed by atoms with Crippen LogP contribution in [0.1, 0.15) is 39.7 Å². The minimum Gasteiger partial charge on any atom is -0.444 e. The first-order chi connectivity index (χ1) is 8.92. The minimum atomic E-state index is -0.435. The summed E-state index contributed by atoms with van der Waals surface area (Å²) in [7, 11) is 0. The van der Waals surface area contributed by atoms with Crippen molar-refractivity contribution >= 4 is 6.09 Å². The summed E-state index contributed by atoms with van der Waals surface area (Å²) >= 11 is 0. The zero-order chi connectivity index (χ0) is 14.3. The Morgan fingerprint density at radius 1 is 1.16 bits per heavy atom. The second-order valence-corrected chi connectivity index (χ2v) is 5.70. The molecule has 1 aromatic rings. The fourth-order valence-corrected chi connectivity index (χ4v) is 1.80. The van der Waals surface area contributed by atoms with Crippen LogP contribution in [0, 0.1) is 0 Å². The number of rotatable bonds is 5. The Morgan fingerprint density at radius 3 is 2.32 bits per heavy atom. The van der Waals surface area contributed by atoms with Crippen LogP contribution >= 0.6 is 0 Å². The van der Waals surface area contributed by atoms with Gasteiger partial charge >= 0.3 is 6.09 Å². The molecule has 0 saturated carbocycles. The molecular weight excluding hydrogens is 238 g/mol. The van der Waals surface area contributed by atoms with E-state index < -0.39 is 5.60 Å². The van der Waals surface area contributed by atoms with Crippen LogP contribution in [0.5, 0.6) is 0 Å². The van der Waals surface area contributed by atoms with Crippen LogP contribution in [0.25, 0.3) is 0 Å². The number of carbonyl (C=O) groups is 1. The first-order valence-electron chi connectivity index (χ1n) is 6.94. The van der Waals surface area contributed by atoms with Crippen LogP contribution in [0.4, 0.5) is 4.79 Å². The van der Waals surface area contributed by atoms with Crippen molar-refractivity contribution in [1.29, 1.82) is 0 Å². The monoisotopic (exact) mass is 263 g/mol. The molecule has 0 radical (unpaired) electrons. The van der Waals surface area contributed by atoms with Gasteiger partial charge in [0.15, 0.2) is 0 Å². The van der Waals surface area contributed by atoms with Crippen LogP contribution in [0.2, 0.25) is 0 Å². The molecule has 3 nitrogen and oxygen atoms in total. The molecule has 0 heterocycles. The second-order valence-electron chi connectivity index (χ2n) is 5.70. The van der Waals surface area contributed by atoms with Gasteiger partial charge in [-0.05, 0) is 39.2 Å². The van der Waals surface area contributed by atoms with E-state index >= 15 is 0 Å². The van der Waals surface area contributed by atoms with E-state index in [1.54, 1.807) is 4.90 Å². The van der Waals surface area contributed by atoms with E-state index in [0.29, 0.717) is 6.54 Å². The fraction of sp³-hybridized carbons (Fsp3) is 0.562. The Labute approximate surface area is 116 Å². The Bertz CT molecular complexity index is 381. The molecule has 19 heavy (non-hydrogen) atoms. The quantitative estimate of drug-likeness (QED) is 0.807. The van der Waals surface area contributed by atoms with E-state index in [0.717, 1.165) is 19.4 Å². The number of carbonyl (C=O) groups excluding carboxylic acids is 1. The normalized spacial score (nSPS) is 11.2. The largest absolute Gasteiger partial charge is 0.444 e. The second kappa shape index (κ2) is 7.17. The van der Waals surface area contributed by atoms with E-state index in [2.05, 4.69) is 19.1 Å². The van der Waals surface area contributed by atoms with Crippen molar-refractivity contribution in [3.63, 3.8) is 0 Å². The van der Waals surface area contributed by atoms with Crippen LogP contribution in [-0.4, -0.2) is 29.7 Å². The molecule has 0 saturated heterocycles. The molecule has 0 fully saturated rings. The molecule has 3 heteroatoms. The summed E-state index contributed by atoms with van der Waals surface area (Å²) in [4.78, 5) is 13.9. The minimum absolute atomic E-state index is 0.217. The maximum absolute atomic E-state index is 12.1. The lowest BCUT2D eigenvalue weighted by Gasteiger charge is -2.27. The number of ether oxygens (including phenoxy) is 1. The summed E-state index contributed by atoms with van der Waals surface area (Å²) < 4.78 is 5.43. The van der Waals surface area contributed by atoms with Gasteiger partial charge < -0.3 is 9.64 Å². The van der Waals surface area contributed by atoms with Crippen molar-refractivity contribution in [2.24, 2.45) is 0 Å². The highest BCUT2D eigenvalue weighted by atomic mass is 16.6. The third-order valence-corrected chi connectivity index (χ3v) is 2.66. The molecule has 1 rings (SSSR count). The molecule has 0 aliphatic carbocycles. The summed E-state index contributed by atoms with van der Waals surface area (Å²) in [5.74, 6) is 0. The van der Waals surface area contributed by atoms with E-state index in [9.17, 15) is 4.79 Å². The summed E-state index contributed by atoms with van der Waals surface area (Å²) in [6.45, 7) is 9.19. The lowest BCUT2D eigenvalue weighted by atomic mass is 10.1. The molecule has 0 unspecified atom stereocenters. The molecule has 0 aromatic heterocycles. The van der Waals surface area contributed by atoms with Gasteiger partial charge in [-0.25, -0.2) is 4.79 Å². The molecule has 0 aliphatic heterocycles. The maximum Gasteiger partial charge on any atom is 0.410 e. The number of hydrogen-bond donors (Lipinski definition) is 0. The van der Waals surface area contributed by atoms with Crippen LogP contribution in [-0.2, 0) is 11.2 Å². The average molecular weight is 263 g/mol. The van der Waals surface area contributed by atoms with Crippen molar-refractivity contribution in [3.05, 3.63) is 35.9 Å². The maximum atomic E-state index is 12.1. The molecule has 0 spiro atoms. The first-order valence-corrected chi connectivity index (χ1v) is 6.94. The van der Waals surface area contributed by atoms with Crippen molar-refractivity contribution in [2.75, 3.05) is 13.1 Å². The first kappa shape index (κ1) is 15.5. The van der Waals surface area contributed by atoms with Crippen LogP contribution in [0.3, 0.4) is 0 Å². The van der Waals surface area contributed by atoms with Gasteiger partial charge in [0.25, 0.3) is 0 Å². The number of hydrogen-bond acceptors (Lipinski definition) is 2. The summed E-state index contributed by atoms with van der Waals surface area (Å²) in [6.07, 6.45) is 1.58. The van der Waals surface area contributed by atoms with E-state index in [1.165, 1.54) is 5.56 Å². The van der Waals surface area contributed by atoms with Gasteiger partial charge in [-0.15, -0.1) is 0 Å². The van der Waals surface area contributed by atoms with Gasteiger partial charge in [-0.3, -0.25) is 0 Å². The van der Waals surface area contributed by atoms with Gasteiger partial charge in [0, 0.05) is 13.1 Å². The SMILES string of the molecule is CCCN(CCc1ccccc1)C(=O)OC(C)(C)C. The molecule has 1 aromatic carbocycles. The Hall–Kier alpha value is -1.51. The molecule has 0 aliphatic rings. The summed E-state index contributed by atoms with van der Waals surface area (Å²) in [6, 6.07) is 10.2. The zero-order valence-corrected chi connectivity index (χ0v) is 12.5. The third-order valence-electron chi connectivity index (χ3n) is 2.66. The smallest absolute Gasteiger partial charge is 0.410 e. The van der Waals surface area contributed by atoms with Crippen LogP contribution in [0.15, 0.2) is 30.3 Å². The highest BCUT2D eigenvalue weighted by molar-refractivity contribution is 5.68. The standard InChI is InChI=1S/C16H25NO2/c1-5-12-17(15(18)19-16(2,3)4)13-11-14-9-7-6-8-10-14/h6-10H,5,11-13H2,1-4H3. The number of nitrogens with zero attached hydrogens (tertiary/aromatic N) is 1. The van der Waals surface area contributed by atoms with Crippen molar-refractivity contribution in [2.45, 2.75) is 46.1 Å². The summed E-state index contributed by atoms with van der Waals surface area (Å²) in [5.41, 5.74) is 0.808. The molecule has 106 valence electrons. The number of benzene rings is 1. The average Bonchev–Trinajstić information content (AvgIpc) is 2.33. The predicted octanol–water partition coefficient (Wildman–Crippen LogP) is 3.88. The molecule has 0 atom stereocenters. The fourth-order valence-electron chi connectivity index (χ4n) is 1.80. The number of amides is 1. The van der Waals surface area contributed by atoms with Gasteiger partial charge in [-0.2, -0.15) is 0 Å². The van der Waals surface area contributed by atoms with Crippen molar-refractivity contribution in [1.82, 2.24) is 4.90 Å². The van der Waals surface area contributed by atoms with Crippen molar-refractivity contribution < 1.29 is 9.53 Å². The predicted molar refractivity (Wildman–Crippen MR) is 78.2 cm³/mol. The van der Waals surface area contributed by atoms with Gasteiger partial charge in [-0.1, -0.05) is 37.3 Å². The van der Waals surface area contributed by atoms with Gasteiger partial charge in [0.1, 0.15) is 5.60 Å². The Kier molecular flexibility index (Phi) is 5.87. The van der Waals surface area contributed by atoms with Gasteiger partial charge in [0.05, 0.1) is 0 Å².